The van der Waals surface area contributed by atoms with Gasteiger partial charge in [-0.25, -0.2) is 0 Å². The predicted molar refractivity (Wildman–Crippen MR) is 145 cm³/mol. The summed E-state index contributed by atoms with van der Waals surface area (Å²) in [7, 11) is -1.88. The Bertz CT molecular complexity index is 945. The quantitative estimate of drug-likeness (QED) is 0.120. The summed E-state index contributed by atoms with van der Waals surface area (Å²) in [5.74, 6) is -0.652. The number of amides is 1. The van der Waals surface area contributed by atoms with Gasteiger partial charge in [0.05, 0.1) is 18.8 Å². The van der Waals surface area contributed by atoms with Crippen LogP contribution in [0, 0.1) is 0 Å². The molecular formula is C27H32BrN2O3PS. The van der Waals surface area contributed by atoms with Crippen LogP contribution in [0.5, 0.6) is 0 Å². The van der Waals surface area contributed by atoms with Crippen molar-refractivity contribution in [3.63, 3.8) is 0 Å². The van der Waals surface area contributed by atoms with Gasteiger partial charge in [0.15, 0.2) is 0 Å². The molecule has 0 spiro atoms. The summed E-state index contributed by atoms with van der Waals surface area (Å²) in [4.78, 5) is 23.7. The van der Waals surface area contributed by atoms with E-state index in [0.717, 1.165) is 19.0 Å². The lowest BCUT2D eigenvalue weighted by Gasteiger charge is -2.27. The van der Waals surface area contributed by atoms with Crippen molar-refractivity contribution in [1.29, 1.82) is 0 Å². The van der Waals surface area contributed by atoms with Gasteiger partial charge in [0, 0.05) is 5.75 Å². The summed E-state index contributed by atoms with van der Waals surface area (Å²) in [5.41, 5.74) is 5.59. The van der Waals surface area contributed by atoms with Gasteiger partial charge in [-0.2, -0.15) is 12.6 Å². The maximum absolute atomic E-state index is 12.0. The van der Waals surface area contributed by atoms with Gasteiger partial charge in [-0.05, 0) is 49.2 Å². The van der Waals surface area contributed by atoms with E-state index in [9.17, 15) is 9.59 Å². The molecule has 1 atom stereocenters. The lowest BCUT2D eigenvalue weighted by atomic mass is 10.3. The van der Waals surface area contributed by atoms with E-state index in [1.807, 2.05) is 0 Å². The molecule has 1 amide bonds. The Balaban J connectivity index is 0.00000432. The molecule has 0 saturated heterocycles. The van der Waals surface area contributed by atoms with E-state index in [1.165, 1.54) is 15.9 Å². The summed E-state index contributed by atoms with van der Waals surface area (Å²) >= 11 is 3.98. The van der Waals surface area contributed by atoms with Gasteiger partial charge in [0.1, 0.15) is 29.7 Å². The Hall–Kier alpha value is -2.18. The first-order valence-electron chi connectivity index (χ1n) is 11.4. The third kappa shape index (κ3) is 7.91. The zero-order chi connectivity index (χ0) is 24.2. The highest BCUT2D eigenvalue weighted by atomic mass is 79.9. The number of esters is 1. The molecule has 8 heteroatoms. The highest BCUT2D eigenvalue weighted by molar-refractivity contribution is 7.95. The fourth-order valence-electron chi connectivity index (χ4n) is 3.94. The van der Waals surface area contributed by atoms with Gasteiger partial charge >= 0.3 is 5.97 Å². The van der Waals surface area contributed by atoms with Crippen LogP contribution in [-0.2, 0) is 14.3 Å². The highest BCUT2D eigenvalue weighted by Gasteiger charge is 2.44. The number of rotatable bonds is 12. The van der Waals surface area contributed by atoms with Gasteiger partial charge < -0.3 is 32.8 Å². The van der Waals surface area contributed by atoms with Crippen LogP contribution in [-0.4, -0.2) is 43.0 Å². The molecule has 0 bridgehead atoms. The van der Waals surface area contributed by atoms with Gasteiger partial charge in [-0.15, -0.1) is 0 Å². The lowest BCUT2D eigenvalue weighted by molar-refractivity contribution is -0.144. The van der Waals surface area contributed by atoms with Crippen molar-refractivity contribution in [3.8, 4) is 0 Å². The Labute approximate surface area is 224 Å². The molecule has 0 saturated carbocycles. The van der Waals surface area contributed by atoms with Crippen molar-refractivity contribution < 1.29 is 31.3 Å². The van der Waals surface area contributed by atoms with Crippen LogP contribution in [0.1, 0.15) is 12.8 Å². The minimum Gasteiger partial charge on any atom is -1.00 e. The minimum absolute atomic E-state index is 0. The standard InChI is InChI=1S/C27H31N2O3PS.BrH/c28-25(21-34)27(31)29-20-26(30)32-18-10-11-19-33(22-12-4-1-5-13-22,23-14-6-2-7-15-23)24-16-8-3-9-17-24;/h1-9,12-17,25H,10-11,18-21,28H2,(H-,29,31,34);1H. The summed E-state index contributed by atoms with van der Waals surface area (Å²) in [6.45, 7) is 0.126. The monoisotopic (exact) mass is 574 g/mol. The first kappa shape index (κ1) is 29.1. The van der Waals surface area contributed by atoms with E-state index in [2.05, 4.69) is 109 Å². The second-order valence-electron chi connectivity index (χ2n) is 7.97. The van der Waals surface area contributed by atoms with Crippen molar-refractivity contribution in [2.45, 2.75) is 18.9 Å². The number of thiol groups is 1. The molecule has 5 nitrogen and oxygen atoms in total. The Morgan fingerprint density at radius 3 is 1.71 bits per heavy atom. The summed E-state index contributed by atoms with van der Waals surface area (Å²) in [5, 5.41) is 6.50. The third-order valence-corrected chi connectivity index (χ3v) is 10.6. The molecule has 0 heterocycles. The predicted octanol–water partition coefficient (Wildman–Crippen LogP) is -0.319. The number of ether oxygens (including phenoxy) is 1. The number of hydrogen-bond acceptors (Lipinski definition) is 5. The number of benzene rings is 3. The first-order valence-corrected chi connectivity index (χ1v) is 14.0. The van der Waals surface area contributed by atoms with Crippen molar-refractivity contribution in [3.05, 3.63) is 91.0 Å². The van der Waals surface area contributed by atoms with Crippen LogP contribution in [0.2, 0.25) is 0 Å². The lowest BCUT2D eigenvalue weighted by Crippen LogP contribution is -3.00. The molecule has 0 aliphatic rings. The molecule has 0 radical (unpaired) electrons. The van der Waals surface area contributed by atoms with Crippen LogP contribution < -0.4 is 43.9 Å². The van der Waals surface area contributed by atoms with E-state index in [4.69, 9.17) is 10.5 Å². The molecule has 3 aromatic carbocycles. The fraction of sp³-hybridized carbons (Fsp3) is 0.259. The largest absolute Gasteiger partial charge is 1.00 e. The Morgan fingerprint density at radius 2 is 1.29 bits per heavy atom. The van der Waals surface area contributed by atoms with E-state index >= 15 is 0 Å². The number of nitrogens with two attached hydrogens (primary N) is 1. The molecule has 3 N–H and O–H groups in total. The van der Waals surface area contributed by atoms with Gasteiger partial charge in [0.2, 0.25) is 5.91 Å². The second-order valence-corrected chi connectivity index (χ2v) is 12.0. The van der Waals surface area contributed by atoms with Crippen LogP contribution in [0.4, 0.5) is 0 Å². The molecule has 0 aliphatic carbocycles. The average Bonchev–Trinajstić information content (AvgIpc) is 2.90. The molecule has 0 aromatic heterocycles. The van der Waals surface area contributed by atoms with Crippen LogP contribution in [0.3, 0.4) is 0 Å². The van der Waals surface area contributed by atoms with Crippen molar-refractivity contribution in [2.75, 3.05) is 25.1 Å². The van der Waals surface area contributed by atoms with E-state index in [-0.39, 0.29) is 29.3 Å². The van der Waals surface area contributed by atoms with Gasteiger partial charge in [-0.3, -0.25) is 9.59 Å². The highest BCUT2D eigenvalue weighted by Crippen LogP contribution is 2.55. The Kier molecular flexibility index (Phi) is 12.5. The number of halogens is 1. The van der Waals surface area contributed by atoms with Crippen LogP contribution in [0.15, 0.2) is 91.0 Å². The number of carbonyl (C=O) groups is 2. The zero-order valence-electron chi connectivity index (χ0n) is 19.6. The normalized spacial score (nSPS) is 11.7. The maximum atomic E-state index is 12.0. The molecule has 186 valence electrons. The summed E-state index contributed by atoms with van der Waals surface area (Å²) < 4.78 is 5.34. The van der Waals surface area contributed by atoms with Crippen LogP contribution in [0.25, 0.3) is 0 Å². The number of hydrogen-bond donors (Lipinski definition) is 3. The maximum Gasteiger partial charge on any atom is 0.325 e. The number of unbranched alkanes of at least 4 members (excludes halogenated alkanes) is 1. The minimum atomic E-state index is -1.88. The second kappa shape index (κ2) is 15.0. The average molecular weight is 576 g/mol. The van der Waals surface area contributed by atoms with Crippen molar-refractivity contribution >= 4 is 47.7 Å². The molecule has 0 aliphatic heterocycles. The number of carbonyl (C=O) groups excluding carboxylic acids is 2. The van der Waals surface area contributed by atoms with Crippen LogP contribution >= 0.6 is 19.9 Å². The van der Waals surface area contributed by atoms with E-state index in [0.29, 0.717) is 6.61 Å². The van der Waals surface area contributed by atoms with Crippen molar-refractivity contribution in [2.24, 2.45) is 5.73 Å². The topological polar surface area (TPSA) is 81.4 Å². The SMILES string of the molecule is NC(CS)C(=O)NCC(=O)OCCCC[P+](c1ccccc1)(c1ccccc1)c1ccccc1.[Br-]. The molecular weight excluding hydrogens is 543 g/mol. The van der Waals surface area contributed by atoms with Gasteiger partial charge in [0.25, 0.3) is 0 Å². The van der Waals surface area contributed by atoms with Crippen molar-refractivity contribution in [1.82, 2.24) is 5.32 Å². The summed E-state index contributed by atoms with van der Waals surface area (Å²) in [6.07, 6.45) is 2.61. The molecule has 3 aromatic rings. The van der Waals surface area contributed by atoms with E-state index < -0.39 is 25.2 Å². The molecule has 0 fully saturated rings. The van der Waals surface area contributed by atoms with Gasteiger partial charge in [-0.1, -0.05) is 54.6 Å². The third-order valence-electron chi connectivity index (χ3n) is 5.68. The fourth-order valence-corrected chi connectivity index (χ4v) is 8.52. The Morgan fingerprint density at radius 1 is 0.829 bits per heavy atom. The smallest absolute Gasteiger partial charge is 0.325 e. The number of nitrogens with one attached hydrogen (secondary N) is 1. The van der Waals surface area contributed by atoms with E-state index in [1.54, 1.807) is 0 Å². The zero-order valence-corrected chi connectivity index (χ0v) is 22.9. The first-order chi connectivity index (χ1) is 16.6. The summed E-state index contributed by atoms with van der Waals surface area (Å²) in [6, 6.07) is 31.4. The molecule has 35 heavy (non-hydrogen) atoms. The molecule has 3 rings (SSSR count). The molecule has 1 unspecified atom stereocenters.